The molecule has 1 aromatic heterocycles. The molecular weight excluding hydrogens is 487 g/mol. The molecule has 0 radical (unpaired) electrons. The van der Waals surface area contributed by atoms with Gasteiger partial charge in [-0.05, 0) is 56.1 Å². The lowest BCUT2D eigenvalue weighted by Crippen LogP contribution is -2.43. The molecule has 2 aromatic rings. The van der Waals surface area contributed by atoms with Gasteiger partial charge in [-0.15, -0.1) is 24.0 Å². The SMILES string of the molecule is CN=C(NCCCn1cccn1)NCC(c1cccc(Cl)c1)N1CCCC1.I. The Bertz CT molecular complexity index is 715. The summed E-state index contributed by atoms with van der Waals surface area (Å²) in [6, 6.07) is 10.4. The Kier molecular flexibility index (Phi) is 10.1. The summed E-state index contributed by atoms with van der Waals surface area (Å²) < 4.78 is 1.94. The number of aromatic nitrogens is 2. The van der Waals surface area contributed by atoms with E-state index in [1.807, 2.05) is 42.3 Å². The molecule has 1 fully saturated rings. The van der Waals surface area contributed by atoms with Crippen LogP contribution in [0.5, 0.6) is 0 Å². The van der Waals surface area contributed by atoms with Crippen molar-refractivity contribution in [2.24, 2.45) is 4.99 Å². The summed E-state index contributed by atoms with van der Waals surface area (Å²) in [6.07, 6.45) is 7.31. The van der Waals surface area contributed by atoms with Crippen LogP contribution in [-0.4, -0.2) is 53.9 Å². The number of halogens is 2. The predicted molar refractivity (Wildman–Crippen MR) is 127 cm³/mol. The van der Waals surface area contributed by atoms with Crippen LogP contribution >= 0.6 is 35.6 Å². The average molecular weight is 517 g/mol. The number of guanidine groups is 1. The van der Waals surface area contributed by atoms with Crippen LogP contribution in [0.3, 0.4) is 0 Å². The Morgan fingerprint density at radius 1 is 1.25 bits per heavy atom. The molecule has 0 saturated carbocycles. The third kappa shape index (κ3) is 6.93. The van der Waals surface area contributed by atoms with Gasteiger partial charge < -0.3 is 10.6 Å². The van der Waals surface area contributed by atoms with Crippen LogP contribution in [0.4, 0.5) is 0 Å². The maximum atomic E-state index is 6.23. The summed E-state index contributed by atoms with van der Waals surface area (Å²) in [7, 11) is 1.81. The van der Waals surface area contributed by atoms with Crippen LogP contribution in [0.1, 0.15) is 30.9 Å². The van der Waals surface area contributed by atoms with Crippen molar-refractivity contribution in [3.05, 3.63) is 53.3 Å². The molecule has 28 heavy (non-hydrogen) atoms. The first-order valence-electron chi connectivity index (χ1n) is 9.68. The lowest BCUT2D eigenvalue weighted by molar-refractivity contribution is 0.245. The van der Waals surface area contributed by atoms with Crippen molar-refractivity contribution in [2.45, 2.75) is 31.8 Å². The van der Waals surface area contributed by atoms with Gasteiger partial charge in [-0.3, -0.25) is 14.6 Å². The molecule has 3 rings (SSSR count). The standard InChI is InChI=1S/C20H29ClN6.HI/c1-22-20(23-9-5-13-27-14-6-10-25-27)24-16-19(26-11-2-3-12-26)17-7-4-8-18(21)15-17;/h4,6-8,10,14-15,19H,2-3,5,9,11-13,16H2,1H3,(H2,22,23,24);1H. The number of hydrogen-bond acceptors (Lipinski definition) is 3. The highest BCUT2D eigenvalue weighted by molar-refractivity contribution is 14.0. The minimum absolute atomic E-state index is 0. The van der Waals surface area contributed by atoms with Gasteiger partial charge in [0.25, 0.3) is 0 Å². The van der Waals surface area contributed by atoms with E-state index in [0.717, 1.165) is 50.1 Å². The van der Waals surface area contributed by atoms with Crippen LogP contribution in [0, 0.1) is 0 Å². The van der Waals surface area contributed by atoms with Crippen molar-refractivity contribution in [1.82, 2.24) is 25.3 Å². The molecule has 1 aromatic carbocycles. The zero-order valence-electron chi connectivity index (χ0n) is 16.4. The highest BCUT2D eigenvalue weighted by atomic mass is 127. The van der Waals surface area contributed by atoms with Crippen LogP contribution in [-0.2, 0) is 6.54 Å². The largest absolute Gasteiger partial charge is 0.356 e. The Balaban J connectivity index is 0.00000280. The topological polar surface area (TPSA) is 57.5 Å². The second-order valence-corrected chi connectivity index (χ2v) is 7.25. The highest BCUT2D eigenvalue weighted by Crippen LogP contribution is 2.26. The van der Waals surface area contributed by atoms with E-state index in [-0.39, 0.29) is 24.0 Å². The first kappa shape index (κ1) is 23.0. The van der Waals surface area contributed by atoms with Gasteiger partial charge in [-0.1, -0.05) is 23.7 Å². The second kappa shape index (κ2) is 12.3. The summed E-state index contributed by atoms with van der Waals surface area (Å²) in [5, 5.41) is 11.9. The second-order valence-electron chi connectivity index (χ2n) is 6.82. The number of rotatable bonds is 8. The van der Waals surface area contributed by atoms with E-state index in [9.17, 15) is 0 Å². The average Bonchev–Trinajstić information content (AvgIpc) is 3.38. The quantitative estimate of drug-likeness (QED) is 0.244. The molecule has 0 spiro atoms. The Morgan fingerprint density at radius 2 is 2.07 bits per heavy atom. The summed E-state index contributed by atoms with van der Waals surface area (Å²) >= 11 is 6.23. The van der Waals surface area contributed by atoms with E-state index in [1.54, 1.807) is 0 Å². The summed E-state index contributed by atoms with van der Waals surface area (Å²) in [5.74, 6) is 0.835. The van der Waals surface area contributed by atoms with Crippen LogP contribution in [0.2, 0.25) is 5.02 Å². The molecule has 2 N–H and O–H groups in total. The minimum Gasteiger partial charge on any atom is -0.356 e. The molecule has 1 unspecified atom stereocenters. The molecule has 1 aliphatic heterocycles. The van der Waals surface area contributed by atoms with Gasteiger partial charge in [0.05, 0.1) is 6.04 Å². The maximum Gasteiger partial charge on any atom is 0.191 e. The van der Waals surface area contributed by atoms with E-state index in [2.05, 4.69) is 37.8 Å². The molecule has 0 aliphatic carbocycles. The van der Waals surface area contributed by atoms with E-state index < -0.39 is 0 Å². The Labute approximate surface area is 189 Å². The van der Waals surface area contributed by atoms with Gasteiger partial charge in [0.15, 0.2) is 5.96 Å². The monoisotopic (exact) mass is 516 g/mol. The molecule has 8 heteroatoms. The molecule has 2 heterocycles. The van der Waals surface area contributed by atoms with Gasteiger partial charge in [0.1, 0.15) is 0 Å². The Morgan fingerprint density at radius 3 is 2.75 bits per heavy atom. The van der Waals surface area contributed by atoms with Crippen molar-refractivity contribution in [3.63, 3.8) is 0 Å². The van der Waals surface area contributed by atoms with Crippen molar-refractivity contribution in [1.29, 1.82) is 0 Å². The number of benzene rings is 1. The zero-order valence-corrected chi connectivity index (χ0v) is 19.4. The fraction of sp³-hybridized carbons (Fsp3) is 0.500. The molecule has 0 bridgehead atoms. The number of nitrogens with zero attached hydrogens (tertiary/aromatic N) is 4. The van der Waals surface area contributed by atoms with Crippen molar-refractivity contribution < 1.29 is 0 Å². The first-order valence-corrected chi connectivity index (χ1v) is 10.1. The first-order chi connectivity index (χ1) is 13.3. The lowest BCUT2D eigenvalue weighted by Gasteiger charge is -2.29. The molecule has 6 nitrogen and oxygen atoms in total. The fourth-order valence-corrected chi connectivity index (χ4v) is 3.72. The summed E-state index contributed by atoms with van der Waals surface area (Å²) in [6.45, 7) is 4.82. The highest BCUT2D eigenvalue weighted by Gasteiger charge is 2.23. The molecule has 1 saturated heterocycles. The predicted octanol–water partition coefficient (Wildman–Crippen LogP) is 3.55. The number of nitrogens with one attached hydrogen (secondary N) is 2. The molecule has 1 atom stereocenters. The van der Waals surface area contributed by atoms with Gasteiger partial charge in [0, 0.05) is 44.1 Å². The van der Waals surface area contributed by atoms with Gasteiger partial charge in [-0.25, -0.2) is 0 Å². The summed E-state index contributed by atoms with van der Waals surface area (Å²) in [5.41, 5.74) is 1.26. The molecule has 154 valence electrons. The molecular formula is C20H30ClIN6. The third-order valence-corrected chi connectivity index (χ3v) is 5.15. The van der Waals surface area contributed by atoms with E-state index in [1.165, 1.54) is 18.4 Å². The molecule has 0 amide bonds. The normalized spacial score (nSPS) is 15.9. The van der Waals surface area contributed by atoms with Crippen LogP contribution in [0.25, 0.3) is 0 Å². The third-order valence-electron chi connectivity index (χ3n) is 4.92. The van der Waals surface area contributed by atoms with Gasteiger partial charge >= 0.3 is 0 Å². The van der Waals surface area contributed by atoms with Crippen LogP contribution in [0.15, 0.2) is 47.7 Å². The number of aliphatic imine (C=N–C) groups is 1. The van der Waals surface area contributed by atoms with E-state index in [0.29, 0.717) is 6.04 Å². The summed E-state index contributed by atoms with van der Waals surface area (Å²) in [4.78, 5) is 6.89. The van der Waals surface area contributed by atoms with Crippen molar-refractivity contribution in [2.75, 3.05) is 33.2 Å². The Hall–Kier alpha value is -1.32. The van der Waals surface area contributed by atoms with Crippen molar-refractivity contribution in [3.8, 4) is 0 Å². The lowest BCUT2D eigenvalue weighted by atomic mass is 10.1. The van der Waals surface area contributed by atoms with Crippen LogP contribution < -0.4 is 10.6 Å². The number of likely N-dealkylation sites (tertiary alicyclic amines) is 1. The van der Waals surface area contributed by atoms with Gasteiger partial charge in [-0.2, -0.15) is 5.10 Å². The van der Waals surface area contributed by atoms with E-state index in [4.69, 9.17) is 11.6 Å². The van der Waals surface area contributed by atoms with E-state index >= 15 is 0 Å². The van der Waals surface area contributed by atoms with Gasteiger partial charge in [0.2, 0.25) is 0 Å². The molecule has 1 aliphatic rings. The van der Waals surface area contributed by atoms with Crippen molar-refractivity contribution >= 4 is 41.5 Å². The minimum atomic E-state index is 0. The number of aryl methyl sites for hydroxylation is 1. The number of hydrogen-bond donors (Lipinski definition) is 2. The fourth-order valence-electron chi connectivity index (χ4n) is 3.52. The smallest absolute Gasteiger partial charge is 0.191 e. The maximum absolute atomic E-state index is 6.23. The zero-order chi connectivity index (χ0) is 18.9.